The molecule has 0 bridgehead atoms. The minimum atomic E-state index is -0.0836. The van der Waals surface area contributed by atoms with Crippen LogP contribution in [0, 0.1) is 0 Å². The number of rotatable bonds is 5. The lowest BCUT2D eigenvalue weighted by Crippen LogP contribution is -2.38. The molecule has 0 radical (unpaired) electrons. The molecule has 1 fully saturated rings. The molecule has 25 heavy (non-hydrogen) atoms. The van der Waals surface area contributed by atoms with Crippen molar-refractivity contribution < 1.29 is 9.26 Å². The topological polar surface area (TPSA) is 51.4 Å². The minimum Gasteiger partial charge on any atom is -0.373 e. The van der Waals surface area contributed by atoms with E-state index in [2.05, 4.69) is 67.0 Å². The van der Waals surface area contributed by atoms with Crippen LogP contribution in [-0.2, 0) is 16.8 Å². The van der Waals surface area contributed by atoms with E-state index < -0.39 is 0 Å². The number of benzene rings is 1. The van der Waals surface area contributed by atoms with Crippen LogP contribution in [0.3, 0.4) is 0 Å². The van der Waals surface area contributed by atoms with Gasteiger partial charge in [-0.1, -0.05) is 56.3 Å². The van der Waals surface area contributed by atoms with Crippen molar-refractivity contribution in [2.75, 3.05) is 13.1 Å². The van der Waals surface area contributed by atoms with Gasteiger partial charge >= 0.3 is 0 Å². The maximum Gasteiger partial charge on any atom is 0.243 e. The van der Waals surface area contributed by atoms with Crippen LogP contribution in [0.4, 0.5) is 0 Å². The highest BCUT2D eigenvalue weighted by atomic mass is 16.5. The average Bonchev–Trinajstić information content (AvgIpc) is 3.11. The predicted molar refractivity (Wildman–Crippen MR) is 97.2 cm³/mol. The van der Waals surface area contributed by atoms with E-state index in [0.29, 0.717) is 18.6 Å². The van der Waals surface area contributed by atoms with Crippen molar-refractivity contribution in [3.05, 3.63) is 47.6 Å². The summed E-state index contributed by atoms with van der Waals surface area (Å²) in [6, 6.07) is 10.5. The molecule has 1 atom stereocenters. The van der Waals surface area contributed by atoms with E-state index in [1.807, 2.05) is 6.07 Å². The first-order valence-electron chi connectivity index (χ1n) is 9.17. The molecule has 136 valence electrons. The van der Waals surface area contributed by atoms with Gasteiger partial charge in [-0.15, -0.1) is 0 Å². The van der Waals surface area contributed by atoms with Gasteiger partial charge in [-0.2, -0.15) is 4.98 Å². The number of hydrogen-bond donors (Lipinski definition) is 0. The SMILES string of the molecule is C[C@@H](c1nc(C(C)(C)C)no1)N1CCC(OCc2ccccc2)CC1. The Morgan fingerprint density at radius 1 is 1.20 bits per heavy atom. The Labute approximate surface area is 150 Å². The molecule has 0 unspecified atom stereocenters. The van der Waals surface area contributed by atoms with Crippen molar-refractivity contribution in [2.45, 2.75) is 64.7 Å². The smallest absolute Gasteiger partial charge is 0.243 e. The molecular weight excluding hydrogens is 314 g/mol. The second-order valence-electron chi connectivity index (χ2n) is 7.91. The highest BCUT2D eigenvalue weighted by Crippen LogP contribution is 2.27. The van der Waals surface area contributed by atoms with Gasteiger partial charge in [-0.05, 0) is 25.3 Å². The molecule has 2 aromatic rings. The van der Waals surface area contributed by atoms with Gasteiger partial charge in [0, 0.05) is 18.5 Å². The summed E-state index contributed by atoms with van der Waals surface area (Å²) in [5, 5.41) is 4.14. The lowest BCUT2D eigenvalue weighted by atomic mass is 9.96. The normalized spacial score (nSPS) is 18.4. The van der Waals surface area contributed by atoms with Crippen LogP contribution in [0.5, 0.6) is 0 Å². The summed E-state index contributed by atoms with van der Waals surface area (Å²) < 4.78 is 11.6. The zero-order chi connectivity index (χ0) is 17.9. The molecule has 0 spiro atoms. The maximum absolute atomic E-state index is 6.07. The number of nitrogens with zero attached hydrogens (tertiary/aromatic N) is 3. The monoisotopic (exact) mass is 343 g/mol. The first-order chi connectivity index (χ1) is 11.9. The second-order valence-corrected chi connectivity index (χ2v) is 7.91. The van der Waals surface area contributed by atoms with Crippen molar-refractivity contribution in [1.29, 1.82) is 0 Å². The van der Waals surface area contributed by atoms with Crippen LogP contribution in [0.15, 0.2) is 34.9 Å². The lowest BCUT2D eigenvalue weighted by Gasteiger charge is -2.34. The first-order valence-corrected chi connectivity index (χ1v) is 9.17. The maximum atomic E-state index is 6.07. The number of ether oxygens (including phenoxy) is 1. The zero-order valence-electron chi connectivity index (χ0n) is 15.7. The Bertz CT molecular complexity index is 655. The van der Waals surface area contributed by atoms with Crippen LogP contribution in [0.25, 0.3) is 0 Å². The van der Waals surface area contributed by atoms with Crippen LogP contribution in [0.1, 0.15) is 63.9 Å². The molecule has 0 amide bonds. The fourth-order valence-corrected chi connectivity index (χ4v) is 3.08. The van der Waals surface area contributed by atoms with Gasteiger partial charge in [0.2, 0.25) is 5.89 Å². The minimum absolute atomic E-state index is 0.0836. The third-order valence-corrected chi connectivity index (χ3v) is 4.82. The van der Waals surface area contributed by atoms with Gasteiger partial charge < -0.3 is 9.26 Å². The highest BCUT2D eigenvalue weighted by molar-refractivity contribution is 5.13. The lowest BCUT2D eigenvalue weighted by molar-refractivity contribution is -0.0124. The third kappa shape index (κ3) is 4.67. The summed E-state index contributed by atoms with van der Waals surface area (Å²) in [6.45, 7) is 11.1. The molecule has 1 aliphatic rings. The number of piperidine rings is 1. The van der Waals surface area contributed by atoms with Gasteiger partial charge in [0.25, 0.3) is 0 Å². The molecule has 1 aromatic carbocycles. The zero-order valence-corrected chi connectivity index (χ0v) is 15.7. The van der Waals surface area contributed by atoms with Crippen LogP contribution in [0.2, 0.25) is 0 Å². The van der Waals surface area contributed by atoms with E-state index >= 15 is 0 Å². The molecule has 0 aliphatic carbocycles. The molecule has 5 heteroatoms. The van der Waals surface area contributed by atoms with Gasteiger partial charge in [-0.3, -0.25) is 4.90 Å². The average molecular weight is 343 g/mol. The summed E-state index contributed by atoms with van der Waals surface area (Å²) in [7, 11) is 0. The number of aromatic nitrogens is 2. The summed E-state index contributed by atoms with van der Waals surface area (Å²) >= 11 is 0. The van der Waals surface area contributed by atoms with Gasteiger partial charge in [0.05, 0.1) is 18.8 Å². The Kier molecular flexibility index (Phi) is 5.54. The van der Waals surface area contributed by atoms with E-state index in [0.717, 1.165) is 31.8 Å². The summed E-state index contributed by atoms with van der Waals surface area (Å²) in [6.07, 6.45) is 2.41. The summed E-state index contributed by atoms with van der Waals surface area (Å²) in [5.41, 5.74) is 1.15. The largest absolute Gasteiger partial charge is 0.373 e. The van der Waals surface area contributed by atoms with Crippen molar-refractivity contribution in [2.24, 2.45) is 0 Å². The number of hydrogen-bond acceptors (Lipinski definition) is 5. The Balaban J connectivity index is 1.49. The molecule has 1 aromatic heterocycles. The first kappa shape index (κ1) is 18.1. The highest BCUT2D eigenvalue weighted by Gasteiger charge is 2.29. The van der Waals surface area contributed by atoms with E-state index in [9.17, 15) is 0 Å². The van der Waals surface area contributed by atoms with Crippen molar-refractivity contribution in [1.82, 2.24) is 15.0 Å². The van der Waals surface area contributed by atoms with Crippen molar-refractivity contribution in [3.63, 3.8) is 0 Å². The quantitative estimate of drug-likeness (QED) is 0.818. The van der Waals surface area contributed by atoms with Crippen molar-refractivity contribution in [3.8, 4) is 0 Å². The van der Waals surface area contributed by atoms with Gasteiger partial charge in [-0.25, -0.2) is 0 Å². The Morgan fingerprint density at radius 3 is 2.48 bits per heavy atom. The fraction of sp³-hybridized carbons (Fsp3) is 0.600. The van der Waals surface area contributed by atoms with E-state index in [1.54, 1.807) is 0 Å². The molecule has 2 heterocycles. The molecule has 0 N–H and O–H groups in total. The van der Waals surface area contributed by atoms with Crippen LogP contribution < -0.4 is 0 Å². The molecule has 5 nitrogen and oxygen atoms in total. The predicted octanol–water partition coefficient (Wildman–Crippen LogP) is 4.11. The molecule has 0 saturated carbocycles. The molecular formula is C20H29N3O2. The second kappa shape index (κ2) is 7.67. The standard InChI is InChI=1S/C20H29N3O2/c1-15(18-21-19(22-25-18)20(2,3)4)23-12-10-17(11-13-23)24-14-16-8-6-5-7-9-16/h5-9,15,17H,10-14H2,1-4H3/t15-/m0/s1. The number of likely N-dealkylation sites (tertiary alicyclic amines) is 1. The Morgan fingerprint density at radius 2 is 1.88 bits per heavy atom. The van der Waals surface area contributed by atoms with E-state index in [1.165, 1.54) is 5.56 Å². The van der Waals surface area contributed by atoms with Gasteiger partial charge in [0.15, 0.2) is 5.82 Å². The third-order valence-electron chi connectivity index (χ3n) is 4.82. The summed E-state index contributed by atoms with van der Waals surface area (Å²) in [5.74, 6) is 1.49. The molecule has 1 aliphatic heterocycles. The van der Waals surface area contributed by atoms with Crippen LogP contribution >= 0.6 is 0 Å². The molecule has 1 saturated heterocycles. The molecule has 3 rings (SSSR count). The van der Waals surface area contributed by atoms with Crippen LogP contribution in [-0.4, -0.2) is 34.2 Å². The van der Waals surface area contributed by atoms with Gasteiger partial charge in [0.1, 0.15) is 0 Å². The fourth-order valence-electron chi connectivity index (χ4n) is 3.08. The Hall–Kier alpha value is -1.72. The van der Waals surface area contributed by atoms with Crippen molar-refractivity contribution >= 4 is 0 Å². The van der Waals surface area contributed by atoms with E-state index in [-0.39, 0.29) is 11.5 Å². The summed E-state index contributed by atoms with van der Waals surface area (Å²) in [4.78, 5) is 7.01. The van der Waals surface area contributed by atoms with E-state index in [4.69, 9.17) is 9.26 Å².